The van der Waals surface area contributed by atoms with Gasteiger partial charge in [0.2, 0.25) is 0 Å². The van der Waals surface area contributed by atoms with Gasteiger partial charge in [0.15, 0.2) is 0 Å². The second kappa shape index (κ2) is 3.67. The van der Waals surface area contributed by atoms with Crippen LogP contribution in [0.2, 0.25) is 0 Å². The number of nitrogens with two attached hydrogens (primary N) is 1. The highest BCUT2D eigenvalue weighted by molar-refractivity contribution is 14.1. The fourth-order valence-corrected chi connectivity index (χ4v) is 0.301. The lowest BCUT2D eigenvalue weighted by molar-refractivity contribution is -0.141. The van der Waals surface area contributed by atoms with Gasteiger partial charge in [-0.3, -0.25) is 0 Å². The molecule has 46 valence electrons. The van der Waals surface area contributed by atoms with Crippen molar-refractivity contribution in [1.82, 2.24) is 3.69 Å². The molecule has 0 aliphatic carbocycles. The fourth-order valence-electron chi connectivity index (χ4n) is 0.101. The number of nitrogens with one attached hydrogen (secondary N) is 1. The van der Waals surface area contributed by atoms with E-state index in [9.17, 15) is 4.79 Å². The third-order valence-electron chi connectivity index (χ3n) is 0.393. The van der Waals surface area contributed by atoms with Crippen molar-refractivity contribution < 1.29 is 9.63 Å². The van der Waals surface area contributed by atoms with E-state index >= 15 is 0 Å². The van der Waals surface area contributed by atoms with Crippen LogP contribution in [0, 0.1) is 0 Å². The molecule has 4 nitrogen and oxygen atoms in total. The number of hydrogen-bond donors (Lipinski definition) is 2. The van der Waals surface area contributed by atoms with E-state index in [2.05, 4.69) is 15.1 Å². The summed E-state index contributed by atoms with van der Waals surface area (Å²) in [6.07, 6.45) is 0. The summed E-state index contributed by atoms with van der Waals surface area (Å²) >= 11 is 1.65. The van der Waals surface area contributed by atoms with Crippen molar-refractivity contribution in [2.45, 2.75) is 0 Å². The van der Waals surface area contributed by atoms with Crippen molar-refractivity contribution in [1.29, 1.82) is 0 Å². The summed E-state index contributed by atoms with van der Waals surface area (Å²) in [6.45, 7) is 3.13. The van der Waals surface area contributed by atoms with E-state index in [1.54, 1.807) is 22.9 Å². The summed E-state index contributed by atoms with van der Waals surface area (Å²) in [7, 11) is 0. The molecule has 0 aromatic heterocycles. The summed E-state index contributed by atoms with van der Waals surface area (Å²) in [5, 5.41) is 0. The van der Waals surface area contributed by atoms with Crippen LogP contribution in [0.1, 0.15) is 0 Å². The minimum absolute atomic E-state index is 0.117. The van der Waals surface area contributed by atoms with Crippen LogP contribution in [-0.2, 0) is 9.63 Å². The monoisotopic (exact) mass is 228 g/mol. The molecular formula is C3H5IN2O2. The number of hydrogen-bond acceptors (Lipinski definition) is 4. The van der Waals surface area contributed by atoms with Crippen LogP contribution in [0.25, 0.3) is 0 Å². The Hall–Kier alpha value is -0.300. The van der Waals surface area contributed by atoms with Gasteiger partial charge in [0.1, 0.15) is 5.70 Å². The molecule has 0 aromatic rings. The number of halogens is 1. The van der Waals surface area contributed by atoms with Crippen LogP contribution in [0.5, 0.6) is 0 Å². The Bertz CT molecular complexity index is 114. The first-order valence-electron chi connectivity index (χ1n) is 1.69. The first-order chi connectivity index (χ1) is 3.68. The number of carbonyl (C=O) groups is 1. The molecule has 0 bridgehead atoms. The van der Waals surface area contributed by atoms with Gasteiger partial charge in [-0.05, 0) is 0 Å². The van der Waals surface area contributed by atoms with E-state index in [4.69, 9.17) is 5.73 Å². The molecule has 0 aliphatic rings. The second-order valence-corrected chi connectivity index (χ2v) is 1.43. The fraction of sp³-hybridized carbons (Fsp3) is 0. The summed E-state index contributed by atoms with van der Waals surface area (Å²) in [4.78, 5) is 14.4. The average Bonchev–Trinajstić information content (AvgIpc) is 1.67. The standard InChI is InChI=1S/C3H5IN2O2/c1-2(5)3(7)8-6-4/h6H,1,5H2. The Labute approximate surface area is 60.5 Å². The van der Waals surface area contributed by atoms with Crippen LogP contribution < -0.4 is 9.43 Å². The summed E-state index contributed by atoms with van der Waals surface area (Å²) in [5.74, 6) is -0.653. The van der Waals surface area contributed by atoms with Crippen LogP contribution >= 0.6 is 22.9 Å². The highest BCUT2D eigenvalue weighted by Crippen LogP contribution is 1.82. The van der Waals surface area contributed by atoms with Gasteiger partial charge in [-0.1, -0.05) is 10.3 Å². The van der Waals surface area contributed by atoms with Crippen LogP contribution in [0.4, 0.5) is 0 Å². The second-order valence-electron chi connectivity index (χ2n) is 0.992. The maximum atomic E-state index is 10.2. The molecule has 0 saturated carbocycles. The molecule has 0 atom stereocenters. The first kappa shape index (κ1) is 7.70. The third-order valence-corrected chi connectivity index (χ3v) is 0.614. The van der Waals surface area contributed by atoms with Gasteiger partial charge < -0.3 is 10.6 Å². The molecule has 0 spiro atoms. The lowest BCUT2D eigenvalue weighted by atomic mass is 10.5. The number of carbonyl (C=O) groups excluding carboxylic acids is 1. The molecule has 0 aliphatic heterocycles. The van der Waals surface area contributed by atoms with Crippen molar-refractivity contribution in [3.63, 3.8) is 0 Å². The van der Waals surface area contributed by atoms with Gasteiger partial charge in [-0.2, -0.15) is 0 Å². The van der Waals surface area contributed by atoms with E-state index in [0.29, 0.717) is 0 Å². The normalized spacial score (nSPS) is 8.12. The van der Waals surface area contributed by atoms with Gasteiger partial charge in [0, 0.05) is 0 Å². The smallest absolute Gasteiger partial charge is 0.372 e. The van der Waals surface area contributed by atoms with Gasteiger partial charge in [0.25, 0.3) is 0 Å². The zero-order valence-corrected chi connectivity index (χ0v) is 6.14. The topological polar surface area (TPSA) is 64.4 Å². The Kier molecular flexibility index (Phi) is 3.53. The third kappa shape index (κ3) is 2.80. The highest BCUT2D eigenvalue weighted by Gasteiger charge is 2.00. The Balaban J connectivity index is 3.49. The van der Waals surface area contributed by atoms with Crippen molar-refractivity contribution in [2.24, 2.45) is 5.73 Å². The van der Waals surface area contributed by atoms with E-state index < -0.39 is 5.97 Å². The van der Waals surface area contributed by atoms with Gasteiger partial charge in [0.05, 0.1) is 22.9 Å². The van der Waals surface area contributed by atoms with E-state index in [1.165, 1.54) is 0 Å². The molecule has 8 heavy (non-hydrogen) atoms. The largest absolute Gasteiger partial charge is 0.393 e. The molecule has 0 saturated heterocycles. The molecule has 0 aromatic carbocycles. The Morgan fingerprint density at radius 2 is 2.38 bits per heavy atom. The van der Waals surface area contributed by atoms with Gasteiger partial charge in [-0.15, -0.1) is 0 Å². The van der Waals surface area contributed by atoms with Crippen molar-refractivity contribution >= 4 is 28.8 Å². The number of rotatable bonds is 2. The Morgan fingerprint density at radius 1 is 1.88 bits per heavy atom. The Morgan fingerprint density at radius 3 is 2.50 bits per heavy atom. The average molecular weight is 228 g/mol. The zero-order valence-electron chi connectivity index (χ0n) is 3.98. The minimum atomic E-state index is -0.653. The molecule has 3 N–H and O–H groups in total. The van der Waals surface area contributed by atoms with Crippen molar-refractivity contribution in [3.05, 3.63) is 12.3 Å². The molecule has 0 rings (SSSR count). The van der Waals surface area contributed by atoms with Crippen LogP contribution in [0.3, 0.4) is 0 Å². The molecule has 0 amide bonds. The van der Waals surface area contributed by atoms with Gasteiger partial charge in [-0.25, -0.2) is 4.79 Å². The zero-order chi connectivity index (χ0) is 6.57. The lowest BCUT2D eigenvalue weighted by Crippen LogP contribution is -2.16. The van der Waals surface area contributed by atoms with Gasteiger partial charge >= 0.3 is 5.97 Å². The lowest BCUT2D eigenvalue weighted by Gasteiger charge is -1.95. The van der Waals surface area contributed by atoms with Crippen LogP contribution in [0.15, 0.2) is 12.3 Å². The van der Waals surface area contributed by atoms with Crippen molar-refractivity contribution in [2.75, 3.05) is 0 Å². The molecule has 0 heterocycles. The summed E-state index contributed by atoms with van der Waals surface area (Å²) in [5.41, 5.74) is 4.79. The molecule has 0 unspecified atom stereocenters. The molecule has 0 fully saturated rings. The quantitative estimate of drug-likeness (QED) is 0.298. The maximum absolute atomic E-state index is 10.2. The molecular weight excluding hydrogens is 223 g/mol. The summed E-state index contributed by atoms with van der Waals surface area (Å²) in [6, 6.07) is 0. The molecule has 5 heteroatoms. The maximum Gasteiger partial charge on any atom is 0.372 e. The van der Waals surface area contributed by atoms with E-state index in [0.717, 1.165) is 0 Å². The predicted molar refractivity (Wildman–Crippen MR) is 36.6 cm³/mol. The SMILES string of the molecule is C=C(N)C(=O)ONI. The first-order valence-corrected chi connectivity index (χ1v) is 2.77. The van der Waals surface area contributed by atoms with E-state index in [1.807, 2.05) is 0 Å². The van der Waals surface area contributed by atoms with Crippen LogP contribution in [-0.4, -0.2) is 5.97 Å². The van der Waals surface area contributed by atoms with E-state index in [-0.39, 0.29) is 5.70 Å². The summed E-state index contributed by atoms with van der Waals surface area (Å²) < 4.78 is 2.13. The minimum Gasteiger partial charge on any atom is -0.393 e. The predicted octanol–water partition coefficient (Wildman–Crippen LogP) is -0.143. The van der Waals surface area contributed by atoms with Crippen molar-refractivity contribution in [3.8, 4) is 0 Å². The highest BCUT2D eigenvalue weighted by atomic mass is 127. The molecule has 0 radical (unpaired) electrons.